The van der Waals surface area contributed by atoms with Crippen LogP contribution in [0, 0.1) is 0 Å². The molecule has 1 aromatic heterocycles. The highest BCUT2D eigenvalue weighted by molar-refractivity contribution is 6.41. The number of hydrazine groups is 1. The van der Waals surface area contributed by atoms with E-state index < -0.39 is 0 Å². The molecule has 0 unspecified atom stereocenters. The van der Waals surface area contributed by atoms with Crippen molar-refractivity contribution in [3.63, 3.8) is 0 Å². The second-order valence-corrected chi connectivity index (χ2v) is 4.56. The fourth-order valence-electron chi connectivity index (χ4n) is 1.93. The number of hydrogen-bond acceptors (Lipinski definition) is 3. The summed E-state index contributed by atoms with van der Waals surface area (Å²) in [6, 6.07) is 2.08. The van der Waals surface area contributed by atoms with Crippen LogP contribution in [0.25, 0.3) is 0 Å². The van der Waals surface area contributed by atoms with Gasteiger partial charge in [0, 0.05) is 12.7 Å². The molecule has 1 aliphatic heterocycles. The Morgan fingerprint density at radius 3 is 2.87 bits per heavy atom. The Hall–Kier alpha value is -0.350. The average molecular weight is 246 g/mol. The van der Waals surface area contributed by atoms with Gasteiger partial charge >= 0.3 is 0 Å². The molecule has 0 bridgehead atoms. The SMILES string of the molecule is NN1CCCC[C@@H]1c1cnc(Cl)c(Cl)c1. The third-order valence-corrected chi connectivity index (χ3v) is 3.43. The predicted molar refractivity (Wildman–Crippen MR) is 61.7 cm³/mol. The van der Waals surface area contributed by atoms with Gasteiger partial charge in [-0.25, -0.2) is 9.99 Å². The lowest BCUT2D eigenvalue weighted by atomic mass is 9.98. The second-order valence-electron chi connectivity index (χ2n) is 3.79. The minimum absolute atomic E-state index is 0.223. The van der Waals surface area contributed by atoms with Crippen LogP contribution in [-0.2, 0) is 0 Å². The van der Waals surface area contributed by atoms with Crippen LogP contribution >= 0.6 is 23.2 Å². The number of nitrogens with zero attached hydrogens (tertiary/aromatic N) is 2. The van der Waals surface area contributed by atoms with Gasteiger partial charge < -0.3 is 0 Å². The van der Waals surface area contributed by atoms with Gasteiger partial charge in [0.05, 0.1) is 11.1 Å². The van der Waals surface area contributed by atoms with Crippen molar-refractivity contribution in [2.45, 2.75) is 25.3 Å². The van der Waals surface area contributed by atoms with Gasteiger partial charge in [-0.1, -0.05) is 29.6 Å². The summed E-state index contributed by atoms with van der Waals surface area (Å²) in [5, 5.41) is 2.69. The van der Waals surface area contributed by atoms with Crippen molar-refractivity contribution in [3.8, 4) is 0 Å². The number of rotatable bonds is 1. The number of halogens is 2. The van der Waals surface area contributed by atoms with Crippen LogP contribution in [0.2, 0.25) is 10.2 Å². The molecule has 2 rings (SSSR count). The Labute approximate surface area is 99.1 Å². The highest BCUT2D eigenvalue weighted by Crippen LogP contribution is 2.30. The lowest BCUT2D eigenvalue weighted by Gasteiger charge is -2.31. The molecule has 0 spiro atoms. The quantitative estimate of drug-likeness (QED) is 0.612. The lowest BCUT2D eigenvalue weighted by Crippen LogP contribution is -2.38. The van der Waals surface area contributed by atoms with E-state index in [4.69, 9.17) is 29.0 Å². The Kier molecular flexibility index (Phi) is 3.46. The maximum atomic E-state index is 5.93. The third kappa shape index (κ3) is 2.42. The molecule has 15 heavy (non-hydrogen) atoms. The standard InChI is InChI=1S/C10H13Cl2N3/c11-8-5-7(6-14-10(8)12)9-3-1-2-4-15(9)13/h5-6,9H,1-4,13H2/t9-/m1/s1. The summed E-state index contributed by atoms with van der Waals surface area (Å²) >= 11 is 11.7. The molecule has 0 saturated carbocycles. The van der Waals surface area contributed by atoms with Gasteiger partial charge in [-0.05, 0) is 24.5 Å². The van der Waals surface area contributed by atoms with E-state index in [1.807, 2.05) is 11.1 Å². The maximum Gasteiger partial charge on any atom is 0.147 e. The summed E-state index contributed by atoms with van der Waals surface area (Å²) in [6.07, 6.45) is 5.15. The Morgan fingerprint density at radius 1 is 1.40 bits per heavy atom. The normalized spacial score (nSPS) is 23.0. The molecule has 1 aromatic rings. The van der Waals surface area contributed by atoms with Gasteiger partial charge in [0.2, 0.25) is 0 Å². The maximum absolute atomic E-state index is 5.93. The molecule has 1 aliphatic rings. The monoisotopic (exact) mass is 245 g/mol. The minimum Gasteiger partial charge on any atom is -0.268 e. The van der Waals surface area contributed by atoms with Crippen LogP contribution < -0.4 is 5.84 Å². The van der Waals surface area contributed by atoms with E-state index in [9.17, 15) is 0 Å². The van der Waals surface area contributed by atoms with E-state index in [0.717, 1.165) is 24.9 Å². The summed E-state index contributed by atoms with van der Waals surface area (Å²) in [6.45, 7) is 0.922. The number of aromatic nitrogens is 1. The number of nitrogens with two attached hydrogens (primary N) is 1. The van der Waals surface area contributed by atoms with E-state index in [-0.39, 0.29) is 6.04 Å². The summed E-state index contributed by atoms with van der Waals surface area (Å²) in [4.78, 5) is 4.04. The Balaban J connectivity index is 2.24. The zero-order chi connectivity index (χ0) is 10.8. The molecule has 1 fully saturated rings. The summed E-state index contributed by atoms with van der Waals surface area (Å²) in [7, 11) is 0. The van der Waals surface area contributed by atoms with Crippen LogP contribution in [0.1, 0.15) is 30.9 Å². The molecule has 2 N–H and O–H groups in total. The summed E-state index contributed by atoms with van der Waals surface area (Å²) in [5.74, 6) is 5.93. The highest BCUT2D eigenvalue weighted by Gasteiger charge is 2.22. The van der Waals surface area contributed by atoms with Gasteiger partial charge in [-0.3, -0.25) is 5.84 Å². The molecule has 0 aromatic carbocycles. The van der Waals surface area contributed by atoms with E-state index in [1.54, 1.807) is 6.20 Å². The van der Waals surface area contributed by atoms with Crippen molar-refractivity contribution in [2.75, 3.05) is 6.54 Å². The van der Waals surface area contributed by atoms with E-state index >= 15 is 0 Å². The highest BCUT2D eigenvalue weighted by atomic mass is 35.5. The van der Waals surface area contributed by atoms with E-state index in [1.165, 1.54) is 6.42 Å². The van der Waals surface area contributed by atoms with Crippen molar-refractivity contribution >= 4 is 23.2 Å². The smallest absolute Gasteiger partial charge is 0.147 e. The Morgan fingerprint density at radius 2 is 2.20 bits per heavy atom. The molecule has 0 radical (unpaired) electrons. The van der Waals surface area contributed by atoms with Crippen LogP contribution in [0.15, 0.2) is 12.3 Å². The first kappa shape index (κ1) is 11.1. The molecule has 0 amide bonds. The topological polar surface area (TPSA) is 42.1 Å². The zero-order valence-electron chi connectivity index (χ0n) is 8.29. The van der Waals surface area contributed by atoms with E-state index in [0.29, 0.717) is 10.2 Å². The van der Waals surface area contributed by atoms with E-state index in [2.05, 4.69) is 4.98 Å². The van der Waals surface area contributed by atoms with Crippen LogP contribution in [0.4, 0.5) is 0 Å². The molecule has 2 heterocycles. The van der Waals surface area contributed by atoms with Crippen molar-refractivity contribution < 1.29 is 0 Å². The molecule has 5 heteroatoms. The number of pyridine rings is 1. The fourth-order valence-corrected chi connectivity index (χ4v) is 2.21. The molecule has 1 atom stereocenters. The fraction of sp³-hybridized carbons (Fsp3) is 0.500. The van der Waals surface area contributed by atoms with Crippen LogP contribution in [-0.4, -0.2) is 16.5 Å². The largest absolute Gasteiger partial charge is 0.268 e. The van der Waals surface area contributed by atoms with Gasteiger partial charge in [0.25, 0.3) is 0 Å². The van der Waals surface area contributed by atoms with Crippen molar-refractivity contribution in [3.05, 3.63) is 28.0 Å². The average Bonchev–Trinajstić information content (AvgIpc) is 2.23. The van der Waals surface area contributed by atoms with Gasteiger partial charge in [-0.2, -0.15) is 0 Å². The summed E-state index contributed by atoms with van der Waals surface area (Å²) in [5.41, 5.74) is 1.05. The number of piperidine rings is 1. The van der Waals surface area contributed by atoms with Crippen LogP contribution in [0.3, 0.4) is 0 Å². The first-order valence-corrected chi connectivity index (χ1v) is 5.76. The summed E-state index contributed by atoms with van der Waals surface area (Å²) < 4.78 is 0. The molecule has 1 saturated heterocycles. The first-order valence-electron chi connectivity index (χ1n) is 5.01. The second kappa shape index (κ2) is 4.66. The number of hydrogen-bond donors (Lipinski definition) is 1. The van der Waals surface area contributed by atoms with Gasteiger partial charge in [0.15, 0.2) is 0 Å². The molecular weight excluding hydrogens is 233 g/mol. The Bertz CT molecular complexity index is 357. The van der Waals surface area contributed by atoms with Gasteiger partial charge in [0.1, 0.15) is 5.15 Å². The minimum atomic E-state index is 0.223. The van der Waals surface area contributed by atoms with Crippen molar-refractivity contribution in [1.82, 2.24) is 9.99 Å². The molecule has 3 nitrogen and oxygen atoms in total. The van der Waals surface area contributed by atoms with Crippen LogP contribution in [0.5, 0.6) is 0 Å². The molecular formula is C10H13Cl2N3. The third-order valence-electron chi connectivity index (χ3n) is 2.75. The molecule has 0 aliphatic carbocycles. The lowest BCUT2D eigenvalue weighted by molar-refractivity contribution is 0.151. The van der Waals surface area contributed by atoms with Crippen molar-refractivity contribution in [1.29, 1.82) is 0 Å². The van der Waals surface area contributed by atoms with Gasteiger partial charge in [-0.15, -0.1) is 0 Å². The molecule has 82 valence electrons. The zero-order valence-corrected chi connectivity index (χ0v) is 9.80. The predicted octanol–water partition coefficient (Wildman–Crippen LogP) is 2.79. The first-order chi connectivity index (χ1) is 7.18. The van der Waals surface area contributed by atoms with Crippen molar-refractivity contribution in [2.24, 2.45) is 5.84 Å².